The molecule has 44 valence electrons. The van der Waals surface area contributed by atoms with E-state index in [2.05, 4.69) is 0 Å². The zero-order chi connectivity index (χ0) is 6.08. The van der Waals surface area contributed by atoms with Crippen molar-refractivity contribution in [1.29, 1.82) is 0 Å². The quantitative estimate of drug-likeness (QED) is 0.367. The lowest BCUT2D eigenvalue weighted by molar-refractivity contribution is -0.0377. The zero-order valence-corrected chi connectivity index (χ0v) is 9.58. The fourth-order valence-electron chi connectivity index (χ4n) is 0. The first-order chi connectivity index (χ1) is 2.94. The van der Waals surface area contributed by atoms with Crippen LogP contribution in [0.15, 0.2) is 0 Å². The summed E-state index contributed by atoms with van der Waals surface area (Å²) in [6, 6.07) is 0. The highest BCUT2D eigenvalue weighted by Crippen LogP contribution is 2.27. The Morgan fingerprint density at radius 3 is 1.43 bits per heavy atom. The predicted octanol–water partition coefficient (Wildman–Crippen LogP) is 1.26. The van der Waals surface area contributed by atoms with Gasteiger partial charge in [0.1, 0.15) is 1.93 Å². The molecule has 0 aliphatic carbocycles. The first-order valence-corrected chi connectivity index (χ1v) is 4.93. The van der Waals surface area contributed by atoms with Crippen LogP contribution < -0.4 is 0 Å². The second-order valence-corrected chi connectivity index (χ2v) is 7.40. The van der Waals surface area contributed by atoms with Crippen LogP contribution in [0.25, 0.3) is 0 Å². The number of rotatable bonds is 1. The fraction of sp³-hybridized carbons (Fsp3) is 1.00. The van der Waals surface area contributed by atoms with Gasteiger partial charge in [-0.25, -0.2) is 0 Å². The summed E-state index contributed by atoms with van der Waals surface area (Å²) in [5.74, 6) is 0. The van der Waals surface area contributed by atoms with Crippen LogP contribution in [0.2, 0.25) is 0 Å². The van der Waals surface area contributed by atoms with E-state index in [1.807, 2.05) is 45.2 Å². The van der Waals surface area contributed by atoms with E-state index in [0.29, 0.717) is 0 Å². The Morgan fingerprint density at radius 1 is 1.29 bits per heavy atom. The Hall–Kier alpha value is 2.11. The molecule has 0 unspecified atom stereocenters. The average Bonchev–Trinajstić information content (AvgIpc) is 1.31. The fourth-order valence-corrected chi connectivity index (χ4v) is 0. The number of hydrogen-bond acceptors (Lipinski definition) is 2. The Bertz CT molecular complexity index is 56.4. The molecule has 0 radical (unpaired) electrons. The molecular weight excluding hydrogens is 437 g/mol. The van der Waals surface area contributed by atoms with Gasteiger partial charge in [-0.1, -0.05) is 45.2 Å². The standard InChI is InChI=1S/C2H3I3O2/c3-1(4)2(5,6)7/h1,6-7H. The van der Waals surface area contributed by atoms with Gasteiger partial charge in [-0.3, -0.25) is 0 Å². The number of halogens is 3. The molecule has 0 heterocycles. The average molecular weight is 440 g/mol. The molecule has 0 saturated carbocycles. The van der Waals surface area contributed by atoms with Gasteiger partial charge in [0, 0.05) is 0 Å². The molecule has 0 saturated heterocycles. The maximum atomic E-state index is 8.62. The van der Waals surface area contributed by atoms with Crippen LogP contribution in [-0.2, 0) is 0 Å². The van der Waals surface area contributed by atoms with E-state index in [4.69, 9.17) is 10.2 Å². The molecule has 0 bridgehead atoms. The Labute approximate surface area is 82.5 Å². The molecule has 0 aromatic carbocycles. The van der Waals surface area contributed by atoms with Crippen LogP contribution in [0.5, 0.6) is 0 Å². The minimum atomic E-state index is -1.56. The van der Waals surface area contributed by atoms with Gasteiger partial charge in [-0.05, 0) is 22.6 Å². The largest absolute Gasteiger partial charge is 0.356 e. The maximum Gasteiger partial charge on any atom is 0.237 e. The van der Waals surface area contributed by atoms with Crippen LogP contribution in [-0.4, -0.2) is 15.9 Å². The summed E-state index contributed by atoms with van der Waals surface area (Å²) in [4.78, 5) is 0. The van der Waals surface area contributed by atoms with Crippen molar-refractivity contribution in [3.63, 3.8) is 0 Å². The predicted molar refractivity (Wildman–Crippen MR) is 53.0 cm³/mol. The highest BCUT2D eigenvalue weighted by atomic mass is 127. The molecule has 0 aromatic rings. The summed E-state index contributed by atoms with van der Waals surface area (Å²) in [5.41, 5.74) is 0. The van der Waals surface area contributed by atoms with Crippen molar-refractivity contribution in [2.24, 2.45) is 0 Å². The lowest BCUT2D eigenvalue weighted by atomic mass is 10.8. The summed E-state index contributed by atoms with van der Waals surface area (Å²) < 4.78 is -1.72. The van der Waals surface area contributed by atoms with Crippen LogP contribution in [0.1, 0.15) is 0 Å². The molecule has 0 aliphatic rings. The monoisotopic (exact) mass is 440 g/mol. The van der Waals surface area contributed by atoms with Crippen LogP contribution in [0, 0.1) is 0 Å². The van der Waals surface area contributed by atoms with Crippen molar-refractivity contribution in [3.05, 3.63) is 0 Å². The zero-order valence-electron chi connectivity index (χ0n) is 3.11. The van der Waals surface area contributed by atoms with E-state index in [-0.39, 0.29) is 1.93 Å². The molecule has 7 heavy (non-hydrogen) atoms. The summed E-state index contributed by atoms with van der Waals surface area (Å²) >= 11 is 5.42. The minimum absolute atomic E-state index is 0.164. The third kappa shape index (κ3) is 4.60. The molecule has 0 spiro atoms. The third-order valence-corrected chi connectivity index (χ3v) is 5.02. The van der Waals surface area contributed by atoms with E-state index in [1.165, 1.54) is 0 Å². The van der Waals surface area contributed by atoms with Gasteiger partial charge in [0.2, 0.25) is 3.79 Å². The van der Waals surface area contributed by atoms with Crippen molar-refractivity contribution in [2.75, 3.05) is 0 Å². The normalized spacial score (nSPS) is 12.9. The highest BCUT2D eigenvalue weighted by molar-refractivity contribution is 14.2. The summed E-state index contributed by atoms with van der Waals surface area (Å²) in [6.45, 7) is 0. The molecule has 0 fully saturated rings. The molecule has 2 N–H and O–H groups in total. The van der Waals surface area contributed by atoms with Crippen LogP contribution >= 0.6 is 67.8 Å². The van der Waals surface area contributed by atoms with Crippen molar-refractivity contribution in [2.45, 2.75) is 5.73 Å². The molecule has 5 heteroatoms. The Kier molecular flexibility index (Phi) is 4.32. The van der Waals surface area contributed by atoms with Crippen molar-refractivity contribution >= 4 is 67.8 Å². The molecule has 0 amide bonds. The number of aliphatic hydroxyl groups is 2. The lowest BCUT2D eigenvalue weighted by Gasteiger charge is -2.13. The van der Waals surface area contributed by atoms with E-state index in [9.17, 15) is 0 Å². The second kappa shape index (κ2) is 3.32. The highest BCUT2D eigenvalue weighted by Gasteiger charge is 2.25. The lowest BCUT2D eigenvalue weighted by Crippen LogP contribution is -2.25. The van der Waals surface area contributed by atoms with Crippen molar-refractivity contribution in [1.82, 2.24) is 0 Å². The SMILES string of the molecule is OC(O)(I)C(I)I. The van der Waals surface area contributed by atoms with E-state index >= 15 is 0 Å². The van der Waals surface area contributed by atoms with Crippen LogP contribution in [0.4, 0.5) is 0 Å². The van der Waals surface area contributed by atoms with Gasteiger partial charge in [0.15, 0.2) is 0 Å². The maximum absolute atomic E-state index is 8.62. The smallest absolute Gasteiger partial charge is 0.237 e. The van der Waals surface area contributed by atoms with Gasteiger partial charge < -0.3 is 10.2 Å². The third-order valence-electron chi connectivity index (χ3n) is 0.278. The summed E-state index contributed by atoms with van der Waals surface area (Å²) in [6.07, 6.45) is 0. The number of hydrogen-bond donors (Lipinski definition) is 2. The summed E-state index contributed by atoms with van der Waals surface area (Å²) in [7, 11) is 0. The van der Waals surface area contributed by atoms with Gasteiger partial charge in [-0.2, -0.15) is 0 Å². The van der Waals surface area contributed by atoms with Gasteiger partial charge in [0.05, 0.1) is 0 Å². The minimum Gasteiger partial charge on any atom is -0.356 e. The molecule has 0 aromatic heterocycles. The number of alkyl halides is 3. The Morgan fingerprint density at radius 2 is 1.43 bits per heavy atom. The summed E-state index contributed by atoms with van der Waals surface area (Å²) in [5, 5.41) is 17.2. The topological polar surface area (TPSA) is 40.5 Å². The molecule has 0 atom stereocenters. The Balaban J connectivity index is 3.54. The second-order valence-electron chi connectivity index (χ2n) is 0.937. The molecular formula is C2H3I3O2. The van der Waals surface area contributed by atoms with Crippen molar-refractivity contribution < 1.29 is 10.2 Å². The molecule has 0 aliphatic heterocycles. The van der Waals surface area contributed by atoms with Gasteiger partial charge in [0.25, 0.3) is 0 Å². The van der Waals surface area contributed by atoms with Crippen LogP contribution in [0.3, 0.4) is 0 Å². The molecule has 2 nitrogen and oxygen atoms in total. The first kappa shape index (κ1) is 9.11. The van der Waals surface area contributed by atoms with E-state index in [0.717, 1.165) is 0 Å². The van der Waals surface area contributed by atoms with Gasteiger partial charge in [-0.15, -0.1) is 0 Å². The van der Waals surface area contributed by atoms with E-state index in [1.54, 1.807) is 22.6 Å². The van der Waals surface area contributed by atoms with Gasteiger partial charge >= 0.3 is 0 Å². The van der Waals surface area contributed by atoms with Crippen molar-refractivity contribution in [3.8, 4) is 0 Å². The van der Waals surface area contributed by atoms with E-state index < -0.39 is 3.79 Å². The first-order valence-electron chi connectivity index (χ1n) is 1.36. The molecule has 0 rings (SSSR count).